The summed E-state index contributed by atoms with van der Waals surface area (Å²) in [5, 5.41) is 0. The van der Waals surface area contributed by atoms with Crippen molar-refractivity contribution in [3.63, 3.8) is 0 Å². The Kier molecular flexibility index (Phi) is 2.99. The number of hydrogen-bond donors (Lipinski definition) is 1. The molecule has 3 rings (SSSR count). The molecule has 0 radical (unpaired) electrons. The van der Waals surface area contributed by atoms with Gasteiger partial charge in [-0.2, -0.15) is 0 Å². The van der Waals surface area contributed by atoms with Gasteiger partial charge in [0.25, 0.3) is 0 Å². The summed E-state index contributed by atoms with van der Waals surface area (Å²) in [6, 6.07) is 12.9. The second-order valence-corrected chi connectivity index (χ2v) is 4.62. The van der Waals surface area contributed by atoms with E-state index < -0.39 is 5.91 Å². The first-order valence-electron chi connectivity index (χ1n) is 6.47. The lowest BCUT2D eigenvalue weighted by Gasteiger charge is -1.98. The molecule has 0 fully saturated rings. The van der Waals surface area contributed by atoms with E-state index in [-0.39, 0.29) is 0 Å². The molecule has 0 saturated carbocycles. The van der Waals surface area contributed by atoms with Crippen molar-refractivity contribution in [2.75, 3.05) is 0 Å². The number of aromatic nitrogens is 1. The first-order chi connectivity index (χ1) is 9.67. The summed E-state index contributed by atoms with van der Waals surface area (Å²) in [6.45, 7) is 2.09. The molecule has 0 spiro atoms. The van der Waals surface area contributed by atoms with Crippen LogP contribution in [0.15, 0.2) is 46.9 Å². The molecule has 4 heteroatoms. The first-order valence-corrected chi connectivity index (χ1v) is 6.47. The minimum Gasteiger partial charge on any atom is -0.436 e. The van der Waals surface area contributed by atoms with Gasteiger partial charge in [0, 0.05) is 11.1 Å². The standard InChI is InChI=1S/C16H14N2O2/c1-2-10-6-7-13-14(8-10)20-16(18-13)12-5-3-4-11(9-12)15(17)19/h3-9H,2H2,1H3,(H2,17,19). The first kappa shape index (κ1) is 12.4. The van der Waals surface area contributed by atoms with Gasteiger partial charge in [-0.25, -0.2) is 4.98 Å². The van der Waals surface area contributed by atoms with Crippen LogP contribution in [0, 0.1) is 0 Å². The molecular formula is C16H14N2O2. The smallest absolute Gasteiger partial charge is 0.248 e. The van der Waals surface area contributed by atoms with Gasteiger partial charge in [0.15, 0.2) is 5.58 Å². The van der Waals surface area contributed by atoms with Crippen molar-refractivity contribution in [3.8, 4) is 11.5 Å². The molecule has 20 heavy (non-hydrogen) atoms. The number of rotatable bonds is 3. The van der Waals surface area contributed by atoms with Crippen molar-refractivity contribution >= 4 is 17.0 Å². The highest BCUT2D eigenvalue weighted by Crippen LogP contribution is 2.25. The Hall–Kier alpha value is -2.62. The van der Waals surface area contributed by atoms with E-state index >= 15 is 0 Å². The Morgan fingerprint density at radius 2 is 2.10 bits per heavy atom. The fourth-order valence-corrected chi connectivity index (χ4v) is 2.12. The lowest BCUT2D eigenvalue weighted by atomic mass is 10.1. The summed E-state index contributed by atoms with van der Waals surface area (Å²) in [5.74, 6) is 0.0348. The lowest BCUT2D eigenvalue weighted by Crippen LogP contribution is -2.10. The van der Waals surface area contributed by atoms with Crippen LogP contribution in [0.5, 0.6) is 0 Å². The highest BCUT2D eigenvalue weighted by molar-refractivity contribution is 5.94. The number of fused-ring (bicyclic) bond motifs is 1. The number of hydrogen-bond acceptors (Lipinski definition) is 3. The number of carbonyl (C=O) groups is 1. The van der Waals surface area contributed by atoms with E-state index in [1.54, 1.807) is 18.2 Å². The average Bonchev–Trinajstić information content (AvgIpc) is 2.90. The van der Waals surface area contributed by atoms with Crippen molar-refractivity contribution in [1.82, 2.24) is 4.98 Å². The van der Waals surface area contributed by atoms with Gasteiger partial charge in [-0.05, 0) is 42.3 Å². The molecule has 3 aromatic rings. The van der Waals surface area contributed by atoms with Gasteiger partial charge in [-0.15, -0.1) is 0 Å². The third-order valence-electron chi connectivity index (χ3n) is 3.26. The van der Waals surface area contributed by atoms with Crippen LogP contribution in [-0.2, 0) is 6.42 Å². The normalized spacial score (nSPS) is 10.8. The predicted molar refractivity (Wildman–Crippen MR) is 77.3 cm³/mol. The SMILES string of the molecule is CCc1ccc2nc(-c3cccc(C(N)=O)c3)oc2c1. The number of nitrogens with two attached hydrogens (primary N) is 1. The quantitative estimate of drug-likeness (QED) is 0.791. The maximum atomic E-state index is 11.2. The monoisotopic (exact) mass is 266 g/mol. The second-order valence-electron chi connectivity index (χ2n) is 4.62. The van der Waals surface area contributed by atoms with Crippen molar-refractivity contribution in [1.29, 1.82) is 0 Å². The molecule has 0 aliphatic heterocycles. The summed E-state index contributed by atoms with van der Waals surface area (Å²) in [6.07, 6.45) is 0.948. The summed E-state index contributed by atoms with van der Waals surface area (Å²) in [5.41, 5.74) is 9.23. The zero-order chi connectivity index (χ0) is 14.1. The van der Waals surface area contributed by atoms with Gasteiger partial charge in [-0.1, -0.05) is 19.1 Å². The summed E-state index contributed by atoms with van der Waals surface area (Å²) in [7, 11) is 0. The van der Waals surface area contributed by atoms with Crippen molar-refractivity contribution < 1.29 is 9.21 Å². The topological polar surface area (TPSA) is 69.1 Å². The highest BCUT2D eigenvalue weighted by atomic mass is 16.3. The van der Waals surface area contributed by atoms with Crippen LogP contribution in [0.1, 0.15) is 22.8 Å². The number of primary amides is 1. The van der Waals surface area contributed by atoms with Crippen LogP contribution in [0.2, 0.25) is 0 Å². The molecule has 1 aromatic heterocycles. The second kappa shape index (κ2) is 4.81. The number of aryl methyl sites for hydroxylation is 1. The molecule has 0 unspecified atom stereocenters. The van der Waals surface area contributed by atoms with Gasteiger partial charge in [0.1, 0.15) is 5.52 Å². The average molecular weight is 266 g/mol. The zero-order valence-electron chi connectivity index (χ0n) is 11.1. The number of carbonyl (C=O) groups excluding carboxylic acids is 1. The van der Waals surface area contributed by atoms with E-state index in [1.807, 2.05) is 24.3 Å². The van der Waals surface area contributed by atoms with E-state index in [2.05, 4.69) is 11.9 Å². The van der Waals surface area contributed by atoms with Gasteiger partial charge in [-0.3, -0.25) is 4.79 Å². The van der Waals surface area contributed by atoms with E-state index in [9.17, 15) is 4.79 Å². The molecule has 0 aliphatic carbocycles. The van der Waals surface area contributed by atoms with Crippen LogP contribution in [0.25, 0.3) is 22.6 Å². The Bertz CT molecular complexity index is 790. The van der Waals surface area contributed by atoms with Crippen molar-refractivity contribution in [2.24, 2.45) is 5.73 Å². The maximum absolute atomic E-state index is 11.2. The fraction of sp³-hybridized carbons (Fsp3) is 0.125. The lowest BCUT2D eigenvalue weighted by molar-refractivity contribution is 0.100. The Labute approximate surface area is 116 Å². The molecule has 0 saturated heterocycles. The Balaban J connectivity index is 2.10. The van der Waals surface area contributed by atoms with E-state index in [0.29, 0.717) is 11.5 Å². The van der Waals surface area contributed by atoms with Gasteiger partial charge in [0.2, 0.25) is 11.8 Å². The van der Waals surface area contributed by atoms with Crippen molar-refractivity contribution in [2.45, 2.75) is 13.3 Å². The predicted octanol–water partition coefficient (Wildman–Crippen LogP) is 3.16. The van der Waals surface area contributed by atoms with Crippen LogP contribution in [0.3, 0.4) is 0 Å². The number of amides is 1. The number of nitrogens with zero attached hydrogens (tertiary/aromatic N) is 1. The molecule has 100 valence electrons. The molecule has 0 aliphatic rings. The summed E-state index contributed by atoms with van der Waals surface area (Å²) >= 11 is 0. The molecule has 4 nitrogen and oxygen atoms in total. The highest BCUT2D eigenvalue weighted by Gasteiger charge is 2.10. The molecular weight excluding hydrogens is 252 g/mol. The molecule has 2 aromatic carbocycles. The van der Waals surface area contributed by atoms with E-state index in [4.69, 9.17) is 10.2 Å². The van der Waals surface area contributed by atoms with Gasteiger partial charge >= 0.3 is 0 Å². The van der Waals surface area contributed by atoms with Crippen LogP contribution >= 0.6 is 0 Å². The van der Waals surface area contributed by atoms with E-state index in [1.165, 1.54) is 5.56 Å². The van der Waals surface area contributed by atoms with Gasteiger partial charge < -0.3 is 10.2 Å². The Morgan fingerprint density at radius 1 is 1.25 bits per heavy atom. The molecule has 0 atom stereocenters. The molecule has 1 amide bonds. The molecule has 1 heterocycles. The van der Waals surface area contributed by atoms with Crippen LogP contribution in [0.4, 0.5) is 0 Å². The van der Waals surface area contributed by atoms with E-state index in [0.717, 1.165) is 23.1 Å². The molecule has 2 N–H and O–H groups in total. The van der Waals surface area contributed by atoms with Gasteiger partial charge in [0.05, 0.1) is 0 Å². The largest absolute Gasteiger partial charge is 0.436 e. The third kappa shape index (κ3) is 2.16. The zero-order valence-corrected chi connectivity index (χ0v) is 11.1. The number of benzene rings is 2. The minimum absolute atomic E-state index is 0.444. The fourth-order valence-electron chi connectivity index (χ4n) is 2.12. The summed E-state index contributed by atoms with van der Waals surface area (Å²) in [4.78, 5) is 15.7. The maximum Gasteiger partial charge on any atom is 0.248 e. The minimum atomic E-state index is -0.462. The Morgan fingerprint density at radius 3 is 2.85 bits per heavy atom. The third-order valence-corrected chi connectivity index (χ3v) is 3.26. The van der Waals surface area contributed by atoms with Crippen LogP contribution < -0.4 is 5.73 Å². The number of oxazole rings is 1. The molecule has 0 bridgehead atoms. The summed E-state index contributed by atoms with van der Waals surface area (Å²) < 4.78 is 5.77. The van der Waals surface area contributed by atoms with Crippen molar-refractivity contribution in [3.05, 3.63) is 53.6 Å². The van der Waals surface area contributed by atoms with Crippen LogP contribution in [-0.4, -0.2) is 10.9 Å².